The smallest absolute Gasteiger partial charge is 0.141 e. The molecule has 0 aliphatic heterocycles. The molecule has 198 valence electrons. The fourth-order valence-electron chi connectivity index (χ4n) is 4.64. The fourth-order valence-corrected chi connectivity index (χ4v) is 4.64. The van der Waals surface area contributed by atoms with Crippen LogP contribution in [0.1, 0.15) is 56.9 Å². The first kappa shape index (κ1) is 27.2. The van der Waals surface area contributed by atoms with E-state index in [4.69, 9.17) is 0 Å². The van der Waals surface area contributed by atoms with Crippen LogP contribution in [0.4, 0.5) is 0 Å². The molecular weight excluding hydrogens is 480 g/mol. The van der Waals surface area contributed by atoms with Gasteiger partial charge in [0.2, 0.25) is 0 Å². The lowest BCUT2D eigenvalue weighted by Gasteiger charge is -2.31. The van der Waals surface area contributed by atoms with E-state index in [0.29, 0.717) is 33.6 Å². The second kappa shape index (κ2) is 12.6. The SMILES string of the molecule is Cc1ncc(CO)c(CNC(c2ccccc2)C(NCc2c(CO)cnc(C)c2O)c2ccccc2)c1O. The maximum Gasteiger partial charge on any atom is 0.141 e. The number of aliphatic hydroxyl groups excluding tert-OH is 2. The minimum Gasteiger partial charge on any atom is -0.506 e. The highest BCUT2D eigenvalue weighted by molar-refractivity contribution is 5.42. The summed E-state index contributed by atoms with van der Waals surface area (Å²) in [7, 11) is 0. The molecule has 8 nitrogen and oxygen atoms in total. The Kier molecular flexibility index (Phi) is 9.04. The van der Waals surface area contributed by atoms with Gasteiger partial charge in [0.05, 0.1) is 36.7 Å². The van der Waals surface area contributed by atoms with Gasteiger partial charge in [-0.1, -0.05) is 60.7 Å². The largest absolute Gasteiger partial charge is 0.506 e. The highest BCUT2D eigenvalue weighted by atomic mass is 16.3. The molecule has 2 aromatic carbocycles. The summed E-state index contributed by atoms with van der Waals surface area (Å²) >= 11 is 0. The highest BCUT2D eigenvalue weighted by Gasteiger charge is 2.26. The van der Waals surface area contributed by atoms with Gasteiger partial charge in [-0.3, -0.25) is 9.97 Å². The standard InChI is InChI=1S/C30H34N4O4/c1-19-29(37)25(23(17-35)13-31-19)15-33-27(21-9-5-3-6-10-21)28(22-11-7-4-8-12-22)34-16-26-24(18-36)14-32-20(2)30(26)38/h3-14,27-28,33-38H,15-18H2,1-2H3. The molecule has 2 heterocycles. The van der Waals surface area contributed by atoms with Crippen molar-refractivity contribution >= 4 is 0 Å². The van der Waals surface area contributed by atoms with Crippen LogP contribution in [0, 0.1) is 13.8 Å². The summed E-state index contributed by atoms with van der Waals surface area (Å²) in [5, 5.41) is 48.4. The third-order valence-electron chi connectivity index (χ3n) is 6.85. The molecule has 2 atom stereocenters. The van der Waals surface area contributed by atoms with E-state index in [2.05, 4.69) is 20.6 Å². The van der Waals surface area contributed by atoms with Gasteiger partial charge in [0.15, 0.2) is 0 Å². The number of aromatic hydroxyl groups is 2. The van der Waals surface area contributed by atoms with E-state index in [0.717, 1.165) is 11.1 Å². The average molecular weight is 515 g/mol. The van der Waals surface area contributed by atoms with Gasteiger partial charge in [-0.25, -0.2) is 0 Å². The van der Waals surface area contributed by atoms with Crippen molar-refractivity contribution < 1.29 is 20.4 Å². The molecule has 0 saturated carbocycles. The van der Waals surface area contributed by atoms with Crippen molar-refractivity contribution in [3.05, 3.63) is 118 Å². The van der Waals surface area contributed by atoms with Gasteiger partial charge >= 0.3 is 0 Å². The molecule has 0 aliphatic carbocycles. The van der Waals surface area contributed by atoms with Gasteiger partial charge in [-0.2, -0.15) is 0 Å². The molecule has 6 N–H and O–H groups in total. The zero-order valence-electron chi connectivity index (χ0n) is 21.6. The van der Waals surface area contributed by atoms with E-state index in [1.54, 1.807) is 26.2 Å². The summed E-state index contributed by atoms with van der Waals surface area (Å²) in [4.78, 5) is 8.35. The van der Waals surface area contributed by atoms with E-state index in [1.165, 1.54) is 0 Å². The van der Waals surface area contributed by atoms with Gasteiger partial charge < -0.3 is 31.1 Å². The Morgan fingerprint density at radius 1 is 0.632 bits per heavy atom. The molecule has 0 amide bonds. The molecule has 0 bridgehead atoms. The number of nitrogens with zero attached hydrogens (tertiary/aromatic N) is 2. The summed E-state index contributed by atoms with van der Waals surface area (Å²) in [5.41, 5.74) is 5.32. The molecule has 0 spiro atoms. The second-order valence-electron chi connectivity index (χ2n) is 9.25. The van der Waals surface area contributed by atoms with Crippen molar-refractivity contribution in [1.29, 1.82) is 0 Å². The Balaban J connectivity index is 1.73. The zero-order chi connectivity index (χ0) is 27.1. The van der Waals surface area contributed by atoms with Gasteiger partial charge in [-0.05, 0) is 25.0 Å². The van der Waals surface area contributed by atoms with E-state index in [-0.39, 0.29) is 49.9 Å². The Labute approximate surface area is 222 Å². The first-order valence-corrected chi connectivity index (χ1v) is 12.6. The number of benzene rings is 2. The lowest BCUT2D eigenvalue weighted by molar-refractivity contribution is 0.276. The molecule has 0 fully saturated rings. The van der Waals surface area contributed by atoms with Crippen LogP contribution in [0.25, 0.3) is 0 Å². The molecule has 0 saturated heterocycles. The molecule has 2 unspecified atom stereocenters. The molecule has 2 aromatic heterocycles. The van der Waals surface area contributed by atoms with Crippen LogP contribution < -0.4 is 10.6 Å². The number of aliphatic hydroxyl groups is 2. The normalized spacial score (nSPS) is 12.8. The predicted molar refractivity (Wildman–Crippen MR) is 145 cm³/mol. The van der Waals surface area contributed by atoms with Crippen molar-refractivity contribution in [3.8, 4) is 11.5 Å². The Morgan fingerprint density at radius 2 is 1.00 bits per heavy atom. The quantitative estimate of drug-likeness (QED) is 0.178. The maximum absolute atomic E-state index is 10.7. The van der Waals surface area contributed by atoms with E-state index >= 15 is 0 Å². The molecule has 4 aromatic rings. The van der Waals surface area contributed by atoms with E-state index in [9.17, 15) is 20.4 Å². The van der Waals surface area contributed by atoms with Crippen molar-refractivity contribution in [1.82, 2.24) is 20.6 Å². The minimum absolute atomic E-state index is 0.0600. The molecule has 4 rings (SSSR count). The van der Waals surface area contributed by atoms with Crippen molar-refractivity contribution in [2.45, 2.75) is 52.2 Å². The van der Waals surface area contributed by atoms with E-state index < -0.39 is 0 Å². The Hall–Kier alpha value is -3.82. The van der Waals surface area contributed by atoms with Crippen molar-refractivity contribution in [2.75, 3.05) is 0 Å². The number of hydrogen-bond donors (Lipinski definition) is 6. The monoisotopic (exact) mass is 514 g/mol. The topological polar surface area (TPSA) is 131 Å². The van der Waals surface area contributed by atoms with Crippen LogP contribution in [0.2, 0.25) is 0 Å². The van der Waals surface area contributed by atoms with Crippen LogP contribution in [0.15, 0.2) is 73.1 Å². The molecule has 0 aliphatic rings. The third kappa shape index (κ3) is 6.00. The average Bonchev–Trinajstić information content (AvgIpc) is 2.95. The molecule has 8 heteroatoms. The number of hydrogen-bond acceptors (Lipinski definition) is 8. The van der Waals surface area contributed by atoms with Crippen LogP contribution in [-0.4, -0.2) is 30.4 Å². The van der Waals surface area contributed by atoms with Crippen molar-refractivity contribution in [2.24, 2.45) is 0 Å². The third-order valence-corrected chi connectivity index (χ3v) is 6.85. The van der Waals surface area contributed by atoms with Crippen LogP contribution in [-0.2, 0) is 26.3 Å². The summed E-state index contributed by atoms with van der Waals surface area (Å²) in [6.07, 6.45) is 3.17. The van der Waals surface area contributed by atoms with Gasteiger partial charge in [0.1, 0.15) is 11.5 Å². The zero-order valence-corrected chi connectivity index (χ0v) is 21.6. The number of nitrogens with one attached hydrogen (secondary N) is 2. The van der Waals surface area contributed by atoms with Crippen LogP contribution >= 0.6 is 0 Å². The summed E-state index contributed by atoms with van der Waals surface area (Å²) in [5.74, 6) is 0.120. The first-order chi connectivity index (χ1) is 18.4. The van der Waals surface area contributed by atoms with Crippen LogP contribution in [0.5, 0.6) is 11.5 Å². The predicted octanol–water partition coefficient (Wildman–Crippen LogP) is 3.85. The summed E-state index contributed by atoms with van der Waals surface area (Å²) in [6, 6.07) is 19.4. The lowest BCUT2D eigenvalue weighted by atomic mass is 9.92. The number of rotatable bonds is 11. The number of aryl methyl sites for hydroxylation is 2. The van der Waals surface area contributed by atoms with E-state index in [1.807, 2.05) is 60.7 Å². The highest BCUT2D eigenvalue weighted by Crippen LogP contribution is 2.33. The first-order valence-electron chi connectivity index (χ1n) is 12.6. The lowest BCUT2D eigenvalue weighted by Crippen LogP contribution is -2.35. The van der Waals surface area contributed by atoms with Gasteiger partial charge in [-0.15, -0.1) is 0 Å². The minimum atomic E-state index is -0.263. The summed E-state index contributed by atoms with van der Waals surface area (Å²) < 4.78 is 0. The molecular formula is C30H34N4O4. The number of aromatic nitrogens is 2. The molecule has 0 radical (unpaired) electrons. The molecule has 38 heavy (non-hydrogen) atoms. The summed E-state index contributed by atoms with van der Waals surface area (Å²) in [6.45, 7) is 3.56. The maximum atomic E-state index is 10.7. The van der Waals surface area contributed by atoms with Crippen LogP contribution in [0.3, 0.4) is 0 Å². The Morgan fingerprint density at radius 3 is 1.34 bits per heavy atom. The van der Waals surface area contributed by atoms with Gasteiger partial charge in [0, 0.05) is 47.7 Å². The van der Waals surface area contributed by atoms with Gasteiger partial charge in [0.25, 0.3) is 0 Å². The second-order valence-corrected chi connectivity index (χ2v) is 9.25. The number of pyridine rings is 2. The fraction of sp³-hybridized carbons (Fsp3) is 0.267. The Bertz CT molecular complexity index is 1240. The van der Waals surface area contributed by atoms with Crippen molar-refractivity contribution in [3.63, 3.8) is 0 Å².